The molecule has 1 aromatic rings. The van der Waals surface area contributed by atoms with Gasteiger partial charge >= 0.3 is 11.9 Å². The first-order chi connectivity index (χ1) is 7.91. The van der Waals surface area contributed by atoms with Gasteiger partial charge in [0.05, 0.1) is 7.11 Å². The SMILES string of the molecule is COC(=O)C(C)(Cc1ncccc1C)C(=O)O. The maximum absolute atomic E-state index is 11.6. The summed E-state index contributed by atoms with van der Waals surface area (Å²) in [5.41, 5.74) is -0.167. The second-order valence-electron chi connectivity index (χ2n) is 4.07. The molecule has 92 valence electrons. The van der Waals surface area contributed by atoms with Crippen molar-refractivity contribution < 1.29 is 19.4 Å². The summed E-state index contributed by atoms with van der Waals surface area (Å²) in [6, 6.07) is 3.58. The standard InChI is InChI=1S/C12H15NO4/c1-8-5-4-6-13-9(8)7-12(2,10(14)15)11(16)17-3/h4-6H,7H2,1-3H3,(H,14,15). The number of esters is 1. The summed E-state index contributed by atoms with van der Waals surface area (Å²) >= 11 is 0. The molecule has 0 saturated carbocycles. The van der Waals surface area contributed by atoms with Crippen molar-refractivity contribution in [3.63, 3.8) is 0 Å². The first-order valence-corrected chi connectivity index (χ1v) is 5.14. The monoisotopic (exact) mass is 237 g/mol. The van der Waals surface area contributed by atoms with Gasteiger partial charge in [-0.25, -0.2) is 0 Å². The molecule has 1 rings (SSSR count). The van der Waals surface area contributed by atoms with Gasteiger partial charge in [-0.2, -0.15) is 0 Å². The lowest BCUT2D eigenvalue weighted by atomic mass is 9.84. The van der Waals surface area contributed by atoms with Crippen LogP contribution in [0, 0.1) is 12.3 Å². The molecule has 1 atom stereocenters. The van der Waals surface area contributed by atoms with Crippen molar-refractivity contribution in [2.24, 2.45) is 5.41 Å². The fraction of sp³-hybridized carbons (Fsp3) is 0.417. The number of carboxylic acid groups (broad SMARTS) is 1. The summed E-state index contributed by atoms with van der Waals surface area (Å²) in [6.45, 7) is 3.16. The number of carbonyl (C=O) groups excluding carboxylic acids is 1. The third-order valence-corrected chi connectivity index (χ3v) is 2.75. The van der Waals surface area contributed by atoms with Crippen LogP contribution >= 0.6 is 0 Å². The van der Waals surface area contributed by atoms with Crippen molar-refractivity contribution in [1.82, 2.24) is 4.98 Å². The zero-order chi connectivity index (χ0) is 13.1. The lowest BCUT2D eigenvalue weighted by Gasteiger charge is -2.21. The third-order valence-electron chi connectivity index (χ3n) is 2.75. The number of aromatic nitrogens is 1. The van der Waals surface area contributed by atoms with Gasteiger partial charge in [-0.15, -0.1) is 0 Å². The zero-order valence-corrected chi connectivity index (χ0v) is 10.1. The molecule has 1 N–H and O–H groups in total. The maximum atomic E-state index is 11.6. The van der Waals surface area contributed by atoms with Crippen LogP contribution in [0.25, 0.3) is 0 Å². The van der Waals surface area contributed by atoms with Crippen molar-refractivity contribution in [3.8, 4) is 0 Å². The number of carboxylic acids is 1. The molecule has 0 radical (unpaired) electrons. The van der Waals surface area contributed by atoms with E-state index < -0.39 is 17.4 Å². The molecule has 0 aliphatic heterocycles. The molecular weight excluding hydrogens is 222 g/mol. The minimum Gasteiger partial charge on any atom is -0.480 e. The fourth-order valence-electron chi connectivity index (χ4n) is 1.50. The molecule has 0 aliphatic carbocycles. The molecule has 5 nitrogen and oxygen atoms in total. The Morgan fingerprint density at radius 1 is 1.53 bits per heavy atom. The summed E-state index contributed by atoms with van der Waals surface area (Å²) < 4.78 is 4.54. The molecule has 17 heavy (non-hydrogen) atoms. The summed E-state index contributed by atoms with van der Waals surface area (Å²) in [7, 11) is 1.18. The fourth-order valence-corrected chi connectivity index (χ4v) is 1.50. The second kappa shape index (κ2) is 4.95. The Balaban J connectivity index is 3.08. The van der Waals surface area contributed by atoms with E-state index in [1.165, 1.54) is 14.0 Å². The van der Waals surface area contributed by atoms with Gasteiger partial charge in [0.15, 0.2) is 5.41 Å². The minimum atomic E-state index is -1.60. The molecule has 0 amide bonds. The average Bonchev–Trinajstić information content (AvgIpc) is 2.30. The zero-order valence-electron chi connectivity index (χ0n) is 10.1. The number of hydrogen-bond acceptors (Lipinski definition) is 4. The predicted octanol–water partition coefficient (Wildman–Crippen LogP) is 1.20. The van der Waals surface area contributed by atoms with Gasteiger partial charge in [-0.3, -0.25) is 14.6 Å². The van der Waals surface area contributed by atoms with Crippen LogP contribution in [0.5, 0.6) is 0 Å². The first kappa shape index (κ1) is 13.2. The van der Waals surface area contributed by atoms with Crippen LogP contribution in [0.3, 0.4) is 0 Å². The number of aliphatic carboxylic acids is 1. The van der Waals surface area contributed by atoms with Crippen LogP contribution < -0.4 is 0 Å². The Labute approximate surface area is 99.4 Å². The third kappa shape index (κ3) is 2.61. The van der Waals surface area contributed by atoms with Crippen molar-refractivity contribution in [3.05, 3.63) is 29.6 Å². The van der Waals surface area contributed by atoms with Crippen LogP contribution in [0.2, 0.25) is 0 Å². The molecule has 0 bridgehead atoms. The lowest BCUT2D eigenvalue weighted by Crippen LogP contribution is -2.39. The number of hydrogen-bond donors (Lipinski definition) is 1. The molecule has 0 aromatic carbocycles. The van der Waals surface area contributed by atoms with Crippen molar-refractivity contribution >= 4 is 11.9 Å². The highest BCUT2D eigenvalue weighted by atomic mass is 16.5. The Kier molecular flexibility index (Phi) is 3.83. The quantitative estimate of drug-likeness (QED) is 0.629. The van der Waals surface area contributed by atoms with Gasteiger partial charge in [-0.05, 0) is 25.5 Å². The number of rotatable bonds is 4. The number of ether oxygens (including phenoxy) is 1. The van der Waals surface area contributed by atoms with E-state index in [0.717, 1.165) is 5.56 Å². The van der Waals surface area contributed by atoms with E-state index in [4.69, 9.17) is 5.11 Å². The van der Waals surface area contributed by atoms with Crippen LogP contribution in [-0.2, 0) is 20.7 Å². The highest BCUT2D eigenvalue weighted by Gasteiger charge is 2.43. The molecule has 1 aromatic heterocycles. The molecule has 0 aliphatic rings. The van der Waals surface area contributed by atoms with Crippen molar-refractivity contribution in [2.45, 2.75) is 20.3 Å². The number of methoxy groups -OCH3 is 1. The summed E-state index contributed by atoms with van der Waals surface area (Å²) in [5, 5.41) is 9.16. The predicted molar refractivity (Wildman–Crippen MR) is 60.4 cm³/mol. The van der Waals surface area contributed by atoms with Gasteiger partial charge in [0.25, 0.3) is 0 Å². The molecule has 0 saturated heterocycles. The van der Waals surface area contributed by atoms with Gasteiger partial charge in [0.1, 0.15) is 0 Å². The van der Waals surface area contributed by atoms with Crippen molar-refractivity contribution in [1.29, 1.82) is 0 Å². The molecule has 5 heteroatoms. The van der Waals surface area contributed by atoms with Gasteiger partial charge in [-0.1, -0.05) is 6.07 Å². The summed E-state index contributed by atoms with van der Waals surface area (Å²) in [6.07, 6.45) is 1.59. The highest BCUT2D eigenvalue weighted by molar-refractivity contribution is 5.98. The smallest absolute Gasteiger partial charge is 0.323 e. The van der Waals surface area contributed by atoms with Gasteiger partial charge < -0.3 is 9.84 Å². The Morgan fingerprint density at radius 3 is 2.65 bits per heavy atom. The largest absolute Gasteiger partial charge is 0.480 e. The number of pyridine rings is 1. The molecule has 0 fully saturated rings. The topological polar surface area (TPSA) is 76.5 Å². The lowest BCUT2D eigenvalue weighted by molar-refractivity contribution is -0.165. The Hall–Kier alpha value is -1.91. The molecule has 1 unspecified atom stereocenters. The van der Waals surface area contributed by atoms with Crippen LogP contribution in [-0.4, -0.2) is 29.1 Å². The Morgan fingerprint density at radius 2 is 2.18 bits per heavy atom. The normalized spacial score (nSPS) is 13.8. The van der Waals surface area contributed by atoms with Crippen LogP contribution in [0.4, 0.5) is 0 Å². The second-order valence-corrected chi connectivity index (χ2v) is 4.07. The van der Waals surface area contributed by atoms with E-state index in [1.807, 2.05) is 13.0 Å². The summed E-state index contributed by atoms with van der Waals surface area (Å²) in [4.78, 5) is 26.9. The van der Waals surface area contributed by atoms with E-state index in [9.17, 15) is 9.59 Å². The maximum Gasteiger partial charge on any atom is 0.323 e. The molecule has 1 heterocycles. The van der Waals surface area contributed by atoms with E-state index in [1.54, 1.807) is 12.3 Å². The number of nitrogens with zero attached hydrogens (tertiary/aromatic N) is 1. The number of aryl methyl sites for hydroxylation is 1. The van der Waals surface area contributed by atoms with E-state index in [2.05, 4.69) is 9.72 Å². The van der Waals surface area contributed by atoms with Gasteiger partial charge in [0, 0.05) is 18.3 Å². The van der Waals surface area contributed by atoms with Gasteiger partial charge in [0.2, 0.25) is 0 Å². The van der Waals surface area contributed by atoms with E-state index >= 15 is 0 Å². The highest BCUT2D eigenvalue weighted by Crippen LogP contribution is 2.25. The Bertz CT molecular complexity index is 444. The number of carbonyl (C=O) groups is 2. The summed E-state index contributed by atoms with van der Waals surface area (Å²) in [5.74, 6) is -1.98. The average molecular weight is 237 g/mol. The molecule has 0 spiro atoms. The minimum absolute atomic E-state index is 0.0156. The van der Waals surface area contributed by atoms with Crippen LogP contribution in [0.15, 0.2) is 18.3 Å². The van der Waals surface area contributed by atoms with Crippen molar-refractivity contribution in [2.75, 3.05) is 7.11 Å². The molecular formula is C12H15NO4. The first-order valence-electron chi connectivity index (χ1n) is 5.14. The van der Waals surface area contributed by atoms with E-state index in [-0.39, 0.29) is 6.42 Å². The van der Waals surface area contributed by atoms with E-state index in [0.29, 0.717) is 5.69 Å². The van der Waals surface area contributed by atoms with Crippen LogP contribution in [0.1, 0.15) is 18.2 Å².